The highest BCUT2D eigenvalue weighted by molar-refractivity contribution is 6.04. The Morgan fingerprint density at radius 3 is 2.14 bits per heavy atom. The Labute approximate surface area is 235 Å². The molecule has 0 spiro atoms. The van der Waals surface area contributed by atoms with Gasteiger partial charge in [0.25, 0.3) is 11.6 Å². The lowest BCUT2D eigenvalue weighted by molar-refractivity contribution is -0.384. The van der Waals surface area contributed by atoms with Gasteiger partial charge in [-0.15, -0.1) is 5.10 Å². The third-order valence-corrected chi connectivity index (χ3v) is 6.05. The van der Waals surface area contributed by atoms with Crippen molar-refractivity contribution in [1.82, 2.24) is 14.8 Å². The Bertz CT molecular complexity index is 1720. The number of nitro groups is 1. The van der Waals surface area contributed by atoms with Crippen LogP contribution in [-0.4, -0.2) is 25.6 Å². The maximum absolute atomic E-state index is 13.2. The number of amides is 1. The zero-order valence-corrected chi connectivity index (χ0v) is 21.4. The molecular weight excluding hydrogens is 558 g/mol. The van der Waals surface area contributed by atoms with Crippen LogP contribution in [0.2, 0.25) is 0 Å². The first kappa shape index (κ1) is 28.0. The molecule has 42 heavy (non-hydrogen) atoms. The van der Waals surface area contributed by atoms with Crippen LogP contribution in [-0.2, 0) is 12.8 Å². The summed E-state index contributed by atoms with van der Waals surface area (Å²) >= 11 is 0. The maximum atomic E-state index is 13.2. The first-order valence-electron chi connectivity index (χ1n) is 12.2. The normalized spacial score (nSPS) is 11.2. The van der Waals surface area contributed by atoms with Crippen molar-refractivity contribution >= 4 is 17.3 Å². The van der Waals surface area contributed by atoms with Gasteiger partial charge in [0.1, 0.15) is 12.4 Å². The summed E-state index contributed by atoms with van der Waals surface area (Å²) in [5, 5.41) is 17.9. The van der Waals surface area contributed by atoms with Gasteiger partial charge in [-0.1, -0.05) is 24.3 Å². The second-order valence-corrected chi connectivity index (χ2v) is 8.93. The minimum absolute atomic E-state index is 0.0182. The molecule has 0 saturated heterocycles. The number of alkyl halides is 3. The second-order valence-electron chi connectivity index (χ2n) is 8.93. The van der Waals surface area contributed by atoms with Gasteiger partial charge in [-0.3, -0.25) is 14.9 Å². The molecule has 212 valence electrons. The topological polar surface area (TPSA) is 112 Å². The number of anilines is 1. The van der Waals surface area contributed by atoms with Gasteiger partial charge in [-0.25, -0.2) is 9.07 Å². The summed E-state index contributed by atoms with van der Waals surface area (Å²) in [7, 11) is 0. The molecule has 4 aromatic carbocycles. The fourth-order valence-electron chi connectivity index (χ4n) is 3.88. The highest BCUT2D eigenvalue weighted by Gasteiger charge is 2.30. The number of non-ortho nitro benzene ring substituents is 1. The third kappa shape index (κ3) is 6.41. The fraction of sp³-hybridized carbons (Fsp3) is 0.0690. The highest BCUT2D eigenvalue weighted by atomic mass is 19.4. The molecule has 0 saturated carbocycles. The average molecular weight is 577 g/mol. The fourth-order valence-corrected chi connectivity index (χ4v) is 3.88. The highest BCUT2D eigenvalue weighted by Crippen LogP contribution is 2.32. The van der Waals surface area contributed by atoms with Crippen molar-refractivity contribution in [2.75, 3.05) is 5.32 Å². The van der Waals surface area contributed by atoms with Crippen molar-refractivity contribution in [2.45, 2.75) is 12.8 Å². The standard InChI is InChI=1S/C29H19F4N5O4/c30-22-9-1-18(2-10-22)17-42-28-35-26(19-3-7-21(8-4-19)29(31,32)33)37(36-28)24-15-11-23(12-16-24)34-27(39)20-5-13-25(14-6-20)38(40)41/h1-16H,17H2,(H,34,39). The summed E-state index contributed by atoms with van der Waals surface area (Å²) in [6.45, 7) is 0.0182. The zero-order valence-electron chi connectivity index (χ0n) is 21.4. The van der Waals surface area contributed by atoms with Crippen LogP contribution in [0.4, 0.5) is 28.9 Å². The molecule has 0 aliphatic carbocycles. The number of ether oxygens (including phenoxy) is 1. The van der Waals surface area contributed by atoms with Gasteiger partial charge >= 0.3 is 12.2 Å². The molecule has 9 nitrogen and oxygen atoms in total. The molecule has 13 heteroatoms. The molecule has 1 amide bonds. The Balaban J connectivity index is 1.40. The summed E-state index contributed by atoms with van der Waals surface area (Å²) in [6, 6.07) is 21.5. The number of nitrogens with zero attached hydrogens (tertiary/aromatic N) is 4. The second kappa shape index (κ2) is 11.5. The van der Waals surface area contributed by atoms with E-state index in [2.05, 4.69) is 15.4 Å². The predicted molar refractivity (Wildman–Crippen MR) is 144 cm³/mol. The van der Waals surface area contributed by atoms with E-state index in [0.717, 1.165) is 12.1 Å². The first-order chi connectivity index (χ1) is 20.1. The van der Waals surface area contributed by atoms with Crippen molar-refractivity contribution in [1.29, 1.82) is 0 Å². The molecule has 0 radical (unpaired) electrons. The SMILES string of the molecule is O=C(Nc1ccc(-n2nc(OCc3ccc(F)cc3)nc2-c2ccc(C(F)(F)F)cc2)cc1)c1ccc([N+](=O)[O-])cc1. The van der Waals surface area contributed by atoms with Crippen LogP contribution in [0.5, 0.6) is 6.01 Å². The number of carbonyl (C=O) groups excluding carboxylic acids is 1. The number of benzene rings is 4. The molecule has 1 aromatic heterocycles. The van der Waals surface area contributed by atoms with E-state index in [-0.39, 0.29) is 29.7 Å². The van der Waals surface area contributed by atoms with E-state index in [0.29, 0.717) is 22.5 Å². The minimum atomic E-state index is -4.51. The number of hydrogen-bond acceptors (Lipinski definition) is 6. The van der Waals surface area contributed by atoms with E-state index < -0.39 is 28.4 Å². The van der Waals surface area contributed by atoms with E-state index in [9.17, 15) is 32.5 Å². The lowest BCUT2D eigenvalue weighted by atomic mass is 10.1. The summed E-state index contributed by atoms with van der Waals surface area (Å²) in [5.74, 6) is -0.695. The molecule has 0 aliphatic rings. The van der Waals surface area contributed by atoms with Crippen LogP contribution in [0.25, 0.3) is 17.1 Å². The number of nitro benzene ring substituents is 1. The summed E-state index contributed by atoms with van der Waals surface area (Å²) in [4.78, 5) is 27.2. The van der Waals surface area contributed by atoms with E-state index >= 15 is 0 Å². The number of nitrogens with one attached hydrogen (secondary N) is 1. The number of rotatable bonds is 8. The molecule has 5 aromatic rings. The van der Waals surface area contributed by atoms with Gasteiger partial charge in [-0.05, 0) is 66.2 Å². The number of halogens is 4. The predicted octanol–water partition coefficient (Wildman–Crippen LogP) is 6.83. The lowest BCUT2D eigenvalue weighted by Crippen LogP contribution is -2.12. The molecule has 1 heterocycles. The van der Waals surface area contributed by atoms with Gasteiger partial charge in [-0.2, -0.15) is 18.2 Å². The summed E-state index contributed by atoms with van der Waals surface area (Å²) < 4.78 is 59.6. The Morgan fingerprint density at radius 2 is 1.55 bits per heavy atom. The molecule has 1 N–H and O–H groups in total. The van der Waals surface area contributed by atoms with Crippen molar-refractivity contribution in [3.63, 3.8) is 0 Å². The smallest absolute Gasteiger partial charge is 0.416 e. The number of hydrogen-bond donors (Lipinski definition) is 1. The Kier molecular flexibility index (Phi) is 7.65. The quantitative estimate of drug-likeness (QED) is 0.123. The van der Waals surface area contributed by atoms with Gasteiger partial charge in [0.15, 0.2) is 5.82 Å². The molecule has 0 unspecified atom stereocenters. The molecule has 0 atom stereocenters. The van der Waals surface area contributed by atoms with E-state index in [1.54, 1.807) is 24.3 Å². The van der Waals surface area contributed by atoms with Crippen LogP contribution in [0, 0.1) is 15.9 Å². The largest absolute Gasteiger partial charge is 0.457 e. The number of aromatic nitrogens is 3. The molecule has 0 bridgehead atoms. The Morgan fingerprint density at radius 1 is 0.905 bits per heavy atom. The van der Waals surface area contributed by atoms with Gasteiger partial charge < -0.3 is 10.1 Å². The Hall–Kier alpha value is -5.59. The van der Waals surface area contributed by atoms with Gasteiger partial charge in [0.05, 0.1) is 16.2 Å². The molecule has 5 rings (SSSR count). The van der Waals surface area contributed by atoms with Crippen LogP contribution < -0.4 is 10.1 Å². The van der Waals surface area contributed by atoms with E-state index in [4.69, 9.17) is 4.74 Å². The van der Waals surface area contributed by atoms with Crippen LogP contribution >= 0.6 is 0 Å². The van der Waals surface area contributed by atoms with Crippen LogP contribution in [0.1, 0.15) is 21.5 Å². The minimum Gasteiger partial charge on any atom is -0.457 e. The molecule has 0 fully saturated rings. The monoisotopic (exact) mass is 577 g/mol. The van der Waals surface area contributed by atoms with Crippen LogP contribution in [0.15, 0.2) is 97.1 Å². The number of carbonyl (C=O) groups is 1. The zero-order chi connectivity index (χ0) is 29.9. The van der Waals surface area contributed by atoms with Crippen molar-refractivity contribution in [3.05, 3.63) is 130 Å². The van der Waals surface area contributed by atoms with Crippen molar-refractivity contribution in [3.8, 4) is 23.1 Å². The average Bonchev–Trinajstić information content (AvgIpc) is 3.41. The van der Waals surface area contributed by atoms with E-state index in [1.165, 1.54) is 65.3 Å². The first-order valence-corrected chi connectivity index (χ1v) is 12.2. The van der Waals surface area contributed by atoms with Gasteiger partial charge in [0, 0.05) is 28.9 Å². The summed E-state index contributed by atoms with van der Waals surface area (Å²) in [6.07, 6.45) is -4.51. The molecule has 0 aliphatic heterocycles. The van der Waals surface area contributed by atoms with Crippen molar-refractivity contribution < 1.29 is 32.0 Å². The maximum Gasteiger partial charge on any atom is 0.416 e. The third-order valence-electron chi connectivity index (χ3n) is 6.05. The van der Waals surface area contributed by atoms with E-state index in [1.807, 2.05) is 0 Å². The lowest BCUT2D eigenvalue weighted by Gasteiger charge is -2.10. The molecular formula is C29H19F4N5O4. The summed E-state index contributed by atoms with van der Waals surface area (Å²) in [5.41, 5.74) is 1.10. The van der Waals surface area contributed by atoms with Gasteiger partial charge in [0.2, 0.25) is 0 Å². The van der Waals surface area contributed by atoms with Crippen molar-refractivity contribution in [2.24, 2.45) is 0 Å². The van der Waals surface area contributed by atoms with Crippen LogP contribution in [0.3, 0.4) is 0 Å².